The number of hydrogen-bond donors (Lipinski definition) is 1. The fourth-order valence-corrected chi connectivity index (χ4v) is 3.44. The molecule has 0 spiro atoms. The molecule has 2 N–H and O–H groups in total. The SMILES string of the molecule is CCn1c(C2CCCC2)nc(-c2ccc(C)c(Cl)c2)c1N. The van der Waals surface area contributed by atoms with Crippen LogP contribution in [0.4, 0.5) is 5.82 Å². The number of aryl methyl sites for hydroxylation is 1. The summed E-state index contributed by atoms with van der Waals surface area (Å²) in [5.74, 6) is 2.47. The van der Waals surface area contributed by atoms with Crippen molar-refractivity contribution in [2.75, 3.05) is 5.73 Å². The molecule has 3 nitrogen and oxygen atoms in total. The second-order valence-corrected chi connectivity index (χ2v) is 6.30. The van der Waals surface area contributed by atoms with Crippen LogP contribution in [0, 0.1) is 6.92 Å². The molecule has 1 aliphatic rings. The number of nitrogens with two attached hydrogens (primary N) is 1. The highest BCUT2D eigenvalue weighted by atomic mass is 35.5. The summed E-state index contributed by atoms with van der Waals surface area (Å²) < 4.78 is 2.17. The first-order chi connectivity index (χ1) is 10.1. The fraction of sp³-hybridized carbons (Fsp3) is 0.471. The lowest BCUT2D eigenvalue weighted by Gasteiger charge is -2.11. The first kappa shape index (κ1) is 14.5. The van der Waals surface area contributed by atoms with Gasteiger partial charge in [-0.1, -0.05) is 36.6 Å². The first-order valence-electron chi connectivity index (χ1n) is 7.74. The third-order valence-electron chi connectivity index (χ3n) is 4.52. The van der Waals surface area contributed by atoms with Gasteiger partial charge in [0.2, 0.25) is 0 Å². The molecule has 4 heteroatoms. The summed E-state index contributed by atoms with van der Waals surface area (Å²) in [4.78, 5) is 4.88. The normalized spacial score (nSPS) is 15.8. The Labute approximate surface area is 131 Å². The van der Waals surface area contributed by atoms with Gasteiger partial charge in [-0.3, -0.25) is 0 Å². The van der Waals surface area contributed by atoms with E-state index in [-0.39, 0.29) is 0 Å². The molecule has 0 radical (unpaired) electrons. The van der Waals surface area contributed by atoms with E-state index >= 15 is 0 Å². The zero-order valence-corrected chi connectivity index (χ0v) is 13.5. The molecule has 0 bridgehead atoms. The maximum atomic E-state index is 6.36. The Bertz CT molecular complexity index is 654. The molecule has 112 valence electrons. The van der Waals surface area contributed by atoms with Crippen LogP contribution in [0.5, 0.6) is 0 Å². The summed E-state index contributed by atoms with van der Waals surface area (Å²) in [7, 11) is 0. The van der Waals surface area contributed by atoms with Gasteiger partial charge in [0.1, 0.15) is 17.3 Å². The van der Waals surface area contributed by atoms with E-state index < -0.39 is 0 Å². The highest BCUT2D eigenvalue weighted by Crippen LogP contribution is 2.38. The standard InChI is InChI=1S/C17H22ClN3/c1-3-21-16(19)15(13-9-8-11(2)14(18)10-13)20-17(21)12-6-4-5-7-12/h8-10,12H,3-7,19H2,1-2H3. The van der Waals surface area contributed by atoms with Crippen LogP contribution in [0.1, 0.15) is 49.9 Å². The predicted octanol–water partition coefficient (Wildman–Crippen LogP) is 4.77. The molecule has 3 rings (SSSR count). The monoisotopic (exact) mass is 303 g/mol. The lowest BCUT2D eigenvalue weighted by molar-refractivity contribution is 0.604. The van der Waals surface area contributed by atoms with Gasteiger partial charge in [0, 0.05) is 23.0 Å². The molecule has 0 amide bonds. The Hall–Kier alpha value is -1.48. The van der Waals surface area contributed by atoms with Crippen molar-refractivity contribution in [3.8, 4) is 11.3 Å². The number of anilines is 1. The summed E-state index contributed by atoms with van der Waals surface area (Å²) in [6.07, 6.45) is 5.05. The second kappa shape index (κ2) is 5.72. The zero-order chi connectivity index (χ0) is 15.0. The van der Waals surface area contributed by atoms with Crippen molar-refractivity contribution in [1.29, 1.82) is 0 Å². The summed E-state index contributed by atoms with van der Waals surface area (Å²) >= 11 is 6.25. The van der Waals surface area contributed by atoms with Crippen LogP contribution in [0.3, 0.4) is 0 Å². The molecule has 0 unspecified atom stereocenters. The molecular formula is C17H22ClN3. The van der Waals surface area contributed by atoms with E-state index in [2.05, 4.69) is 17.6 Å². The molecule has 2 aromatic rings. The number of halogens is 1. The van der Waals surface area contributed by atoms with Gasteiger partial charge >= 0.3 is 0 Å². The van der Waals surface area contributed by atoms with Crippen LogP contribution < -0.4 is 5.73 Å². The van der Waals surface area contributed by atoms with E-state index in [4.69, 9.17) is 22.3 Å². The van der Waals surface area contributed by atoms with Gasteiger partial charge in [-0.25, -0.2) is 4.98 Å². The molecule has 0 saturated heterocycles. The van der Waals surface area contributed by atoms with Gasteiger partial charge in [0.25, 0.3) is 0 Å². The van der Waals surface area contributed by atoms with Crippen LogP contribution in [0.2, 0.25) is 5.02 Å². The van der Waals surface area contributed by atoms with Crippen LogP contribution in [-0.4, -0.2) is 9.55 Å². The number of nitrogen functional groups attached to an aromatic ring is 1. The first-order valence-corrected chi connectivity index (χ1v) is 8.12. The smallest absolute Gasteiger partial charge is 0.131 e. The minimum atomic E-state index is 0.557. The lowest BCUT2D eigenvalue weighted by atomic mass is 10.1. The number of imidazole rings is 1. The van der Waals surface area contributed by atoms with Crippen LogP contribution in [0.25, 0.3) is 11.3 Å². The van der Waals surface area contributed by atoms with E-state index in [0.717, 1.165) is 40.0 Å². The quantitative estimate of drug-likeness (QED) is 0.887. The van der Waals surface area contributed by atoms with E-state index in [1.54, 1.807) is 0 Å². The maximum absolute atomic E-state index is 6.36. The minimum absolute atomic E-state index is 0.557. The van der Waals surface area contributed by atoms with E-state index in [9.17, 15) is 0 Å². The molecule has 1 aliphatic carbocycles. The molecule has 21 heavy (non-hydrogen) atoms. The average Bonchev–Trinajstić information content (AvgIpc) is 3.09. The largest absolute Gasteiger partial charge is 0.383 e. The van der Waals surface area contributed by atoms with Gasteiger partial charge in [-0.2, -0.15) is 0 Å². The van der Waals surface area contributed by atoms with Crippen LogP contribution in [-0.2, 0) is 6.54 Å². The van der Waals surface area contributed by atoms with E-state index in [1.165, 1.54) is 25.7 Å². The highest BCUT2D eigenvalue weighted by Gasteiger charge is 2.25. The number of nitrogens with zero attached hydrogens (tertiary/aromatic N) is 2. The van der Waals surface area contributed by atoms with Crippen LogP contribution in [0.15, 0.2) is 18.2 Å². The number of aromatic nitrogens is 2. The predicted molar refractivity (Wildman–Crippen MR) is 88.7 cm³/mol. The van der Waals surface area contributed by atoms with E-state index in [1.807, 2.05) is 19.1 Å². The van der Waals surface area contributed by atoms with E-state index in [0.29, 0.717) is 5.92 Å². The number of benzene rings is 1. The molecule has 1 heterocycles. The summed E-state index contributed by atoms with van der Waals surface area (Å²) in [6, 6.07) is 6.05. The molecular weight excluding hydrogens is 282 g/mol. The molecule has 1 aromatic heterocycles. The van der Waals surface area contributed by atoms with Gasteiger partial charge in [-0.15, -0.1) is 0 Å². The third-order valence-corrected chi connectivity index (χ3v) is 4.93. The molecule has 1 saturated carbocycles. The maximum Gasteiger partial charge on any atom is 0.131 e. The van der Waals surface area contributed by atoms with Gasteiger partial charge in [0.05, 0.1) is 0 Å². The van der Waals surface area contributed by atoms with Crippen molar-refractivity contribution in [3.63, 3.8) is 0 Å². The Kier molecular flexibility index (Phi) is 3.94. The van der Waals surface area contributed by atoms with Crippen LogP contribution >= 0.6 is 11.6 Å². The van der Waals surface area contributed by atoms with Gasteiger partial charge in [-0.05, 0) is 38.3 Å². The summed E-state index contributed by atoms with van der Waals surface area (Å²) in [5.41, 5.74) is 9.32. The summed E-state index contributed by atoms with van der Waals surface area (Å²) in [5, 5.41) is 0.764. The molecule has 0 atom stereocenters. The Balaban J connectivity index is 2.08. The van der Waals surface area contributed by atoms with Crippen molar-refractivity contribution in [3.05, 3.63) is 34.6 Å². The average molecular weight is 304 g/mol. The minimum Gasteiger partial charge on any atom is -0.383 e. The van der Waals surface area contributed by atoms with Crippen molar-refractivity contribution >= 4 is 17.4 Å². The molecule has 1 fully saturated rings. The number of hydrogen-bond acceptors (Lipinski definition) is 2. The topological polar surface area (TPSA) is 43.8 Å². The Morgan fingerprint density at radius 2 is 2.05 bits per heavy atom. The van der Waals surface area contributed by atoms with Crippen molar-refractivity contribution in [2.45, 2.75) is 52.0 Å². The fourth-order valence-electron chi connectivity index (χ4n) is 3.26. The Morgan fingerprint density at radius 3 is 2.67 bits per heavy atom. The van der Waals surface area contributed by atoms with Gasteiger partial charge < -0.3 is 10.3 Å². The van der Waals surface area contributed by atoms with Crippen molar-refractivity contribution < 1.29 is 0 Å². The third kappa shape index (κ3) is 2.55. The molecule has 0 aliphatic heterocycles. The zero-order valence-electron chi connectivity index (χ0n) is 12.7. The number of rotatable bonds is 3. The lowest BCUT2D eigenvalue weighted by Crippen LogP contribution is -2.08. The Morgan fingerprint density at radius 1 is 1.33 bits per heavy atom. The highest BCUT2D eigenvalue weighted by molar-refractivity contribution is 6.31. The van der Waals surface area contributed by atoms with Crippen molar-refractivity contribution in [2.24, 2.45) is 0 Å². The molecule has 1 aromatic carbocycles. The summed E-state index contributed by atoms with van der Waals surface area (Å²) in [6.45, 7) is 5.00. The van der Waals surface area contributed by atoms with Crippen molar-refractivity contribution in [1.82, 2.24) is 9.55 Å². The van der Waals surface area contributed by atoms with Gasteiger partial charge in [0.15, 0.2) is 0 Å². The second-order valence-electron chi connectivity index (χ2n) is 5.89.